The lowest BCUT2D eigenvalue weighted by Gasteiger charge is -2.32. The summed E-state index contributed by atoms with van der Waals surface area (Å²) in [6, 6.07) is 3.97. The Morgan fingerprint density at radius 1 is 1.38 bits per heavy atom. The van der Waals surface area contributed by atoms with E-state index in [1.54, 1.807) is 0 Å². The van der Waals surface area contributed by atoms with Crippen LogP contribution in [0.5, 0.6) is 0 Å². The molecular weight excluding hydrogens is 283 g/mol. The van der Waals surface area contributed by atoms with E-state index < -0.39 is 12.5 Å². The molecule has 0 radical (unpaired) electrons. The van der Waals surface area contributed by atoms with Gasteiger partial charge in [-0.2, -0.15) is 5.26 Å². The number of nitrogens with zero attached hydrogens (tertiary/aromatic N) is 3. The van der Waals surface area contributed by atoms with E-state index in [2.05, 4.69) is 15.7 Å². The molecule has 0 saturated carbocycles. The maximum atomic E-state index is 12.2. The zero-order chi connectivity index (χ0) is 15.6. The highest BCUT2D eigenvalue weighted by Gasteiger charge is 2.35. The number of nitriles is 1. The van der Waals surface area contributed by atoms with Crippen LogP contribution in [0.25, 0.3) is 0 Å². The molecule has 4 nitrogen and oxygen atoms in total. The van der Waals surface area contributed by atoms with Gasteiger partial charge in [0.2, 0.25) is 0 Å². The Hall–Kier alpha value is -1.52. The number of ether oxygens (including phenoxy) is 1. The van der Waals surface area contributed by atoms with Crippen LogP contribution >= 0.6 is 0 Å². The number of hydrogen-bond acceptors (Lipinski definition) is 3. The SMILES string of the molecule is Cc1c(CN2CCC(OC(F)(F)F)CC2)cc(C#N)n1C. The second-order valence-electron chi connectivity index (χ2n) is 5.35. The van der Waals surface area contributed by atoms with Crippen LogP contribution in [0.2, 0.25) is 0 Å². The molecule has 0 aliphatic carbocycles. The Balaban J connectivity index is 1.91. The van der Waals surface area contributed by atoms with E-state index in [9.17, 15) is 13.2 Å². The minimum absolute atomic E-state index is 0.372. The fourth-order valence-electron chi connectivity index (χ4n) is 2.64. The van der Waals surface area contributed by atoms with Crippen molar-refractivity contribution in [1.82, 2.24) is 9.47 Å². The predicted octanol–water partition coefficient (Wildman–Crippen LogP) is 2.71. The fraction of sp³-hybridized carbons (Fsp3) is 0.643. The summed E-state index contributed by atoms with van der Waals surface area (Å²) < 4.78 is 42.4. The standard InChI is InChI=1S/C14H18F3N3O/c1-10-11(7-12(8-18)19(10)2)9-20-5-3-13(4-6-20)21-14(15,16)17/h7,13H,3-6,9H2,1-2H3. The highest BCUT2D eigenvalue weighted by Crippen LogP contribution is 2.25. The van der Waals surface area contributed by atoms with E-state index in [-0.39, 0.29) is 0 Å². The summed E-state index contributed by atoms with van der Waals surface area (Å²) in [6.45, 7) is 3.73. The lowest BCUT2D eigenvalue weighted by molar-refractivity contribution is -0.345. The van der Waals surface area contributed by atoms with Crippen LogP contribution in [0.15, 0.2) is 6.07 Å². The smallest absolute Gasteiger partial charge is 0.340 e. The number of rotatable bonds is 3. The second kappa shape index (κ2) is 6.08. The number of aromatic nitrogens is 1. The molecule has 0 bridgehead atoms. The van der Waals surface area contributed by atoms with Gasteiger partial charge in [0.05, 0.1) is 6.10 Å². The molecule has 2 rings (SSSR count). The molecule has 0 N–H and O–H groups in total. The maximum absolute atomic E-state index is 12.2. The molecule has 0 aromatic carbocycles. The van der Waals surface area contributed by atoms with Crippen molar-refractivity contribution in [2.24, 2.45) is 7.05 Å². The van der Waals surface area contributed by atoms with E-state index in [1.807, 2.05) is 24.6 Å². The molecule has 7 heteroatoms. The fourth-order valence-corrected chi connectivity index (χ4v) is 2.64. The van der Waals surface area contributed by atoms with Gasteiger partial charge in [0.25, 0.3) is 0 Å². The van der Waals surface area contributed by atoms with Crippen LogP contribution < -0.4 is 0 Å². The Morgan fingerprint density at radius 2 is 2.00 bits per heavy atom. The molecule has 1 aliphatic rings. The minimum atomic E-state index is -4.55. The van der Waals surface area contributed by atoms with Gasteiger partial charge in [0.15, 0.2) is 0 Å². The van der Waals surface area contributed by atoms with Crippen LogP contribution in [0.3, 0.4) is 0 Å². The monoisotopic (exact) mass is 301 g/mol. The topological polar surface area (TPSA) is 41.2 Å². The quantitative estimate of drug-likeness (QED) is 0.862. The Bertz CT molecular complexity index is 537. The van der Waals surface area contributed by atoms with Gasteiger partial charge in [-0.3, -0.25) is 9.64 Å². The molecule has 0 spiro atoms. The first-order valence-electron chi connectivity index (χ1n) is 6.82. The summed E-state index contributed by atoms with van der Waals surface area (Å²) in [4.78, 5) is 2.10. The van der Waals surface area contributed by atoms with E-state index in [1.165, 1.54) is 0 Å². The van der Waals surface area contributed by atoms with Crippen LogP contribution in [-0.4, -0.2) is 35.0 Å². The lowest BCUT2D eigenvalue weighted by Crippen LogP contribution is -2.38. The summed E-state index contributed by atoms with van der Waals surface area (Å²) >= 11 is 0. The Kier molecular flexibility index (Phi) is 4.59. The summed E-state index contributed by atoms with van der Waals surface area (Å²) in [5, 5.41) is 9.00. The van der Waals surface area contributed by atoms with Crippen molar-refractivity contribution in [3.8, 4) is 6.07 Å². The van der Waals surface area contributed by atoms with Crippen molar-refractivity contribution >= 4 is 0 Å². The maximum Gasteiger partial charge on any atom is 0.522 e. The molecule has 0 unspecified atom stereocenters. The summed E-state index contributed by atoms with van der Waals surface area (Å²) in [5.74, 6) is 0. The summed E-state index contributed by atoms with van der Waals surface area (Å²) in [7, 11) is 1.83. The van der Waals surface area contributed by atoms with Gasteiger partial charge in [0.1, 0.15) is 11.8 Å². The molecular formula is C14H18F3N3O. The van der Waals surface area contributed by atoms with Crippen molar-refractivity contribution in [3.05, 3.63) is 23.0 Å². The highest BCUT2D eigenvalue weighted by molar-refractivity contribution is 5.34. The molecule has 2 heterocycles. The summed E-state index contributed by atoms with van der Waals surface area (Å²) in [6.07, 6.45) is -4.55. The molecule has 1 saturated heterocycles. The minimum Gasteiger partial charge on any atom is -0.340 e. The Morgan fingerprint density at radius 3 is 2.48 bits per heavy atom. The molecule has 1 fully saturated rings. The van der Waals surface area contributed by atoms with Crippen molar-refractivity contribution < 1.29 is 17.9 Å². The summed E-state index contributed by atoms with van der Waals surface area (Å²) in [5.41, 5.74) is 2.65. The largest absolute Gasteiger partial charge is 0.522 e. The van der Waals surface area contributed by atoms with Crippen LogP contribution in [0.4, 0.5) is 13.2 Å². The van der Waals surface area contributed by atoms with Gasteiger partial charge in [-0.25, -0.2) is 0 Å². The van der Waals surface area contributed by atoms with E-state index in [0.717, 1.165) is 11.3 Å². The van der Waals surface area contributed by atoms with Gasteiger partial charge in [-0.1, -0.05) is 0 Å². The first-order chi connectivity index (χ1) is 9.80. The number of halogens is 3. The van der Waals surface area contributed by atoms with Gasteiger partial charge >= 0.3 is 6.36 Å². The van der Waals surface area contributed by atoms with Crippen LogP contribution in [-0.2, 0) is 18.3 Å². The Labute approximate surface area is 121 Å². The van der Waals surface area contributed by atoms with Gasteiger partial charge < -0.3 is 4.57 Å². The van der Waals surface area contributed by atoms with Gasteiger partial charge in [-0.15, -0.1) is 13.2 Å². The first-order valence-corrected chi connectivity index (χ1v) is 6.82. The highest BCUT2D eigenvalue weighted by atomic mass is 19.4. The normalized spacial score (nSPS) is 17.9. The zero-order valence-corrected chi connectivity index (χ0v) is 12.1. The van der Waals surface area contributed by atoms with Crippen molar-refractivity contribution in [3.63, 3.8) is 0 Å². The van der Waals surface area contributed by atoms with Crippen LogP contribution in [0.1, 0.15) is 29.8 Å². The van der Waals surface area contributed by atoms with Crippen molar-refractivity contribution in [2.75, 3.05) is 13.1 Å². The van der Waals surface area contributed by atoms with Crippen LogP contribution in [0, 0.1) is 18.3 Å². The van der Waals surface area contributed by atoms with Gasteiger partial charge in [-0.05, 0) is 31.4 Å². The average Bonchev–Trinajstić information content (AvgIpc) is 2.67. The molecule has 116 valence electrons. The number of likely N-dealkylation sites (tertiary alicyclic amines) is 1. The second-order valence-corrected chi connectivity index (χ2v) is 5.35. The predicted molar refractivity (Wildman–Crippen MR) is 70.3 cm³/mol. The van der Waals surface area contributed by atoms with E-state index in [4.69, 9.17) is 5.26 Å². The number of piperidine rings is 1. The zero-order valence-electron chi connectivity index (χ0n) is 12.1. The third-order valence-corrected chi connectivity index (χ3v) is 3.98. The van der Waals surface area contributed by atoms with Gasteiger partial charge in [0, 0.05) is 32.4 Å². The molecule has 1 aliphatic heterocycles. The van der Waals surface area contributed by atoms with Crippen molar-refractivity contribution in [1.29, 1.82) is 5.26 Å². The molecule has 21 heavy (non-hydrogen) atoms. The molecule has 0 amide bonds. The van der Waals surface area contributed by atoms with E-state index in [0.29, 0.717) is 38.2 Å². The molecule has 1 aromatic rings. The third kappa shape index (κ3) is 3.99. The first kappa shape index (κ1) is 15.9. The number of alkyl halides is 3. The van der Waals surface area contributed by atoms with Crippen molar-refractivity contribution in [2.45, 2.75) is 38.8 Å². The molecule has 1 aromatic heterocycles. The lowest BCUT2D eigenvalue weighted by atomic mass is 10.1. The average molecular weight is 301 g/mol. The number of hydrogen-bond donors (Lipinski definition) is 0. The third-order valence-electron chi connectivity index (χ3n) is 3.98. The molecule has 0 atom stereocenters. The van der Waals surface area contributed by atoms with E-state index >= 15 is 0 Å².